The predicted molar refractivity (Wildman–Crippen MR) is 77.5 cm³/mol. The topological polar surface area (TPSA) is 83.8 Å². The van der Waals surface area contributed by atoms with Crippen LogP contribution in [0.15, 0.2) is 52.3 Å². The summed E-state index contributed by atoms with van der Waals surface area (Å²) in [4.78, 5) is 23.4. The number of methoxy groups -OCH3 is 1. The van der Waals surface area contributed by atoms with Gasteiger partial charge < -0.3 is 14.9 Å². The minimum absolute atomic E-state index is 0.0690. The Morgan fingerprint density at radius 1 is 0.952 bits per heavy atom. The number of carboxylic acids is 2. The number of hydrogen-bond acceptors (Lipinski definition) is 4. The molecule has 0 saturated heterocycles. The fraction of sp³-hybridized carbons (Fsp3) is 0.0667. The third kappa shape index (κ3) is 3.35. The molecule has 108 valence electrons. The van der Waals surface area contributed by atoms with Crippen LogP contribution in [0.1, 0.15) is 20.7 Å². The van der Waals surface area contributed by atoms with E-state index in [1.807, 2.05) is 0 Å². The van der Waals surface area contributed by atoms with Crippen LogP contribution in [0, 0.1) is 0 Å². The Labute approximate surface area is 125 Å². The van der Waals surface area contributed by atoms with Crippen molar-refractivity contribution in [3.63, 3.8) is 0 Å². The van der Waals surface area contributed by atoms with Gasteiger partial charge in [-0.1, -0.05) is 23.9 Å². The van der Waals surface area contributed by atoms with Crippen molar-refractivity contribution in [1.29, 1.82) is 0 Å². The average molecular weight is 304 g/mol. The normalized spacial score (nSPS) is 10.1. The van der Waals surface area contributed by atoms with Gasteiger partial charge in [0.1, 0.15) is 5.75 Å². The van der Waals surface area contributed by atoms with Crippen molar-refractivity contribution in [3.8, 4) is 5.75 Å². The molecule has 0 spiro atoms. The quantitative estimate of drug-likeness (QED) is 0.882. The van der Waals surface area contributed by atoms with Crippen molar-refractivity contribution >= 4 is 23.7 Å². The smallest absolute Gasteiger partial charge is 0.336 e. The molecule has 2 aromatic rings. The molecule has 2 N–H and O–H groups in total. The van der Waals surface area contributed by atoms with Gasteiger partial charge in [0.2, 0.25) is 0 Å². The molecule has 0 bridgehead atoms. The fourth-order valence-electron chi connectivity index (χ4n) is 1.74. The molecule has 5 nitrogen and oxygen atoms in total. The summed E-state index contributed by atoms with van der Waals surface area (Å²) in [7, 11) is 1.45. The van der Waals surface area contributed by atoms with E-state index in [0.29, 0.717) is 15.5 Å². The number of carboxylic acid groups (broad SMARTS) is 2. The molecule has 2 aromatic carbocycles. The highest BCUT2D eigenvalue weighted by Crippen LogP contribution is 2.34. The van der Waals surface area contributed by atoms with Crippen molar-refractivity contribution < 1.29 is 24.5 Å². The Balaban J connectivity index is 2.45. The molecule has 0 saturated carbocycles. The van der Waals surface area contributed by atoms with E-state index in [4.69, 9.17) is 9.84 Å². The standard InChI is InChI=1S/C15H12O5S/c1-20-9-6-7-13(11(8-9)15(18)19)21-12-5-3-2-4-10(12)14(16)17/h2-8H,1H3,(H,16,17)(H,18,19). The first-order valence-corrected chi connectivity index (χ1v) is 6.76. The van der Waals surface area contributed by atoms with E-state index >= 15 is 0 Å². The molecule has 0 fully saturated rings. The minimum Gasteiger partial charge on any atom is -0.497 e. The molecule has 0 aliphatic carbocycles. The highest BCUT2D eigenvalue weighted by atomic mass is 32.2. The summed E-state index contributed by atoms with van der Waals surface area (Å²) in [6, 6.07) is 11.1. The molecule has 0 amide bonds. The number of aromatic carboxylic acids is 2. The second-order valence-electron chi connectivity index (χ2n) is 4.07. The van der Waals surface area contributed by atoms with Crippen molar-refractivity contribution in [3.05, 3.63) is 53.6 Å². The SMILES string of the molecule is COc1ccc(Sc2ccccc2C(=O)O)c(C(=O)O)c1. The van der Waals surface area contributed by atoms with Gasteiger partial charge in [0.25, 0.3) is 0 Å². The molecule has 21 heavy (non-hydrogen) atoms. The van der Waals surface area contributed by atoms with E-state index in [2.05, 4.69) is 0 Å². The summed E-state index contributed by atoms with van der Waals surface area (Å²) in [6.45, 7) is 0. The molecule has 6 heteroatoms. The molecule has 0 aromatic heterocycles. The highest BCUT2D eigenvalue weighted by molar-refractivity contribution is 7.99. The van der Waals surface area contributed by atoms with Crippen molar-refractivity contribution in [2.45, 2.75) is 9.79 Å². The fourth-order valence-corrected chi connectivity index (χ4v) is 2.78. The number of carbonyl (C=O) groups is 2. The van der Waals surface area contributed by atoms with Gasteiger partial charge in [0, 0.05) is 9.79 Å². The zero-order valence-corrected chi connectivity index (χ0v) is 11.9. The van der Waals surface area contributed by atoms with Crippen LogP contribution in [0.25, 0.3) is 0 Å². The van der Waals surface area contributed by atoms with Gasteiger partial charge in [-0.25, -0.2) is 9.59 Å². The molecular formula is C15H12O5S. The van der Waals surface area contributed by atoms with Crippen LogP contribution in [0.2, 0.25) is 0 Å². The maximum Gasteiger partial charge on any atom is 0.336 e. The lowest BCUT2D eigenvalue weighted by Crippen LogP contribution is -2.01. The van der Waals surface area contributed by atoms with Gasteiger partial charge in [-0.15, -0.1) is 0 Å². The molecular weight excluding hydrogens is 292 g/mol. The molecule has 0 radical (unpaired) electrons. The summed E-state index contributed by atoms with van der Waals surface area (Å²) in [6.07, 6.45) is 0. The lowest BCUT2D eigenvalue weighted by atomic mass is 10.2. The molecule has 0 aliphatic rings. The Hall–Kier alpha value is -2.47. The van der Waals surface area contributed by atoms with Gasteiger partial charge in [-0.3, -0.25) is 0 Å². The molecule has 2 rings (SSSR count). The van der Waals surface area contributed by atoms with Gasteiger partial charge in [-0.2, -0.15) is 0 Å². The summed E-state index contributed by atoms with van der Waals surface area (Å²) in [5, 5.41) is 18.4. The van der Waals surface area contributed by atoms with Crippen LogP contribution in [0.5, 0.6) is 5.75 Å². The Bertz CT molecular complexity index is 696. The van der Waals surface area contributed by atoms with Crippen LogP contribution in [-0.2, 0) is 0 Å². The first-order chi connectivity index (χ1) is 10.0. The van der Waals surface area contributed by atoms with Gasteiger partial charge >= 0.3 is 11.9 Å². The van der Waals surface area contributed by atoms with E-state index in [-0.39, 0.29) is 11.1 Å². The third-order valence-corrected chi connectivity index (χ3v) is 3.91. The van der Waals surface area contributed by atoms with E-state index in [1.165, 1.54) is 19.2 Å². The monoisotopic (exact) mass is 304 g/mol. The van der Waals surface area contributed by atoms with Crippen LogP contribution in [-0.4, -0.2) is 29.3 Å². The number of ether oxygens (including phenoxy) is 1. The number of rotatable bonds is 5. The largest absolute Gasteiger partial charge is 0.497 e. The first-order valence-electron chi connectivity index (χ1n) is 5.94. The minimum atomic E-state index is -1.09. The maximum atomic E-state index is 11.3. The van der Waals surface area contributed by atoms with Crippen LogP contribution >= 0.6 is 11.8 Å². The van der Waals surface area contributed by atoms with E-state index in [0.717, 1.165) is 11.8 Å². The zero-order valence-electron chi connectivity index (χ0n) is 11.1. The van der Waals surface area contributed by atoms with Crippen molar-refractivity contribution in [1.82, 2.24) is 0 Å². The van der Waals surface area contributed by atoms with Gasteiger partial charge in [0.05, 0.1) is 18.2 Å². The predicted octanol–water partition coefficient (Wildman–Crippen LogP) is 3.24. The van der Waals surface area contributed by atoms with Crippen molar-refractivity contribution in [2.75, 3.05) is 7.11 Å². The van der Waals surface area contributed by atoms with Crippen LogP contribution < -0.4 is 4.74 Å². The number of hydrogen-bond donors (Lipinski definition) is 2. The summed E-state index contributed by atoms with van der Waals surface area (Å²) < 4.78 is 5.01. The van der Waals surface area contributed by atoms with E-state index < -0.39 is 11.9 Å². The maximum absolute atomic E-state index is 11.3. The summed E-state index contributed by atoms with van der Waals surface area (Å²) in [5.74, 6) is -1.71. The number of benzene rings is 2. The summed E-state index contributed by atoms with van der Waals surface area (Å²) in [5.41, 5.74) is 0.203. The first kappa shape index (κ1) is 14.9. The van der Waals surface area contributed by atoms with Crippen LogP contribution in [0.4, 0.5) is 0 Å². The molecule has 0 heterocycles. The zero-order chi connectivity index (χ0) is 15.4. The average Bonchev–Trinajstić information content (AvgIpc) is 2.47. The Morgan fingerprint density at radius 3 is 2.19 bits per heavy atom. The van der Waals surface area contributed by atoms with Gasteiger partial charge in [-0.05, 0) is 30.3 Å². The molecule has 0 aliphatic heterocycles. The van der Waals surface area contributed by atoms with Gasteiger partial charge in [0.15, 0.2) is 0 Å². The van der Waals surface area contributed by atoms with Crippen molar-refractivity contribution in [2.24, 2.45) is 0 Å². The second-order valence-corrected chi connectivity index (χ2v) is 5.15. The van der Waals surface area contributed by atoms with E-state index in [9.17, 15) is 14.7 Å². The highest BCUT2D eigenvalue weighted by Gasteiger charge is 2.16. The lowest BCUT2D eigenvalue weighted by molar-refractivity contribution is 0.0683. The Morgan fingerprint density at radius 2 is 1.57 bits per heavy atom. The summed E-state index contributed by atoms with van der Waals surface area (Å²) >= 11 is 1.10. The Kier molecular flexibility index (Phi) is 4.49. The van der Waals surface area contributed by atoms with E-state index in [1.54, 1.807) is 30.3 Å². The lowest BCUT2D eigenvalue weighted by Gasteiger charge is -2.09. The van der Waals surface area contributed by atoms with Crippen LogP contribution in [0.3, 0.4) is 0 Å². The second kappa shape index (κ2) is 6.32. The third-order valence-electron chi connectivity index (χ3n) is 2.75. The molecule has 0 unspecified atom stereocenters. The molecule has 0 atom stereocenters.